The molecule has 1 aromatic rings. The number of anilines is 1. The maximum Gasteiger partial charge on any atom is 0.232 e. The van der Waals surface area contributed by atoms with Crippen LogP contribution in [0.5, 0.6) is 0 Å². The molecule has 6 heteroatoms. The zero-order valence-electron chi connectivity index (χ0n) is 13.9. The van der Waals surface area contributed by atoms with Crippen LogP contribution < -0.4 is 4.72 Å². The van der Waals surface area contributed by atoms with Crippen LogP contribution in [0.4, 0.5) is 5.69 Å². The summed E-state index contributed by atoms with van der Waals surface area (Å²) in [5, 5.41) is 0. The summed E-state index contributed by atoms with van der Waals surface area (Å²) in [6, 6.07) is 7.31. The Morgan fingerprint density at radius 2 is 2.09 bits per heavy atom. The molecule has 2 rings (SSSR count). The van der Waals surface area contributed by atoms with Gasteiger partial charge in [0.1, 0.15) is 0 Å². The lowest BCUT2D eigenvalue weighted by Gasteiger charge is -2.26. The predicted octanol–water partition coefficient (Wildman–Crippen LogP) is 2.99. The maximum absolute atomic E-state index is 12.1. The number of carbonyl (C=O) groups excluding carboxylic acids is 1. The first-order valence-electron chi connectivity index (χ1n) is 8.27. The number of rotatable bonds is 7. The van der Waals surface area contributed by atoms with Crippen molar-refractivity contribution in [1.82, 2.24) is 4.90 Å². The van der Waals surface area contributed by atoms with Crippen molar-refractivity contribution >= 4 is 21.6 Å². The van der Waals surface area contributed by atoms with Crippen LogP contribution in [0.15, 0.2) is 24.3 Å². The fourth-order valence-corrected chi connectivity index (χ4v) is 4.25. The minimum Gasteiger partial charge on any atom is -0.338 e. The largest absolute Gasteiger partial charge is 0.338 e. The van der Waals surface area contributed by atoms with Crippen molar-refractivity contribution in [1.29, 1.82) is 0 Å². The van der Waals surface area contributed by atoms with Crippen LogP contribution in [0, 0.1) is 5.92 Å². The van der Waals surface area contributed by atoms with Crippen LogP contribution in [-0.4, -0.2) is 31.5 Å². The van der Waals surface area contributed by atoms with Crippen LogP contribution >= 0.6 is 0 Å². The van der Waals surface area contributed by atoms with Crippen molar-refractivity contribution < 1.29 is 13.2 Å². The Labute approximate surface area is 139 Å². The highest BCUT2D eigenvalue weighted by Gasteiger charge is 2.18. The number of nitrogens with one attached hydrogen (secondary N) is 1. The van der Waals surface area contributed by atoms with Gasteiger partial charge in [-0.3, -0.25) is 9.52 Å². The molecule has 1 heterocycles. The van der Waals surface area contributed by atoms with Gasteiger partial charge in [0.15, 0.2) is 0 Å². The molecule has 0 saturated carbocycles. The minimum absolute atomic E-state index is 0.123. The second-order valence-corrected chi connectivity index (χ2v) is 8.14. The van der Waals surface area contributed by atoms with Gasteiger partial charge in [-0.1, -0.05) is 32.4 Å². The normalized spacial score (nSPS) is 17.1. The molecule has 0 aromatic heterocycles. The summed E-state index contributed by atoms with van der Waals surface area (Å²) in [5.41, 5.74) is 1.51. The van der Waals surface area contributed by atoms with E-state index in [1.54, 1.807) is 6.07 Å². The first-order chi connectivity index (χ1) is 10.9. The summed E-state index contributed by atoms with van der Waals surface area (Å²) in [6.07, 6.45) is 3.44. The van der Waals surface area contributed by atoms with Gasteiger partial charge in [-0.2, -0.15) is 0 Å². The molecule has 0 unspecified atom stereocenters. The highest BCUT2D eigenvalue weighted by molar-refractivity contribution is 7.92. The first kappa shape index (κ1) is 17.8. The summed E-state index contributed by atoms with van der Waals surface area (Å²) >= 11 is 0. The van der Waals surface area contributed by atoms with Gasteiger partial charge in [-0.25, -0.2) is 8.42 Å². The van der Waals surface area contributed by atoms with Crippen LogP contribution in [0.3, 0.4) is 0 Å². The molecule has 0 spiro atoms. The fourth-order valence-electron chi connectivity index (χ4n) is 2.70. The molecule has 1 atom stereocenters. The van der Waals surface area contributed by atoms with E-state index >= 15 is 0 Å². The number of benzene rings is 1. The highest BCUT2D eigenvalue weighted by Crippen LogP contribution is 2.18. The molecule has 128 valence electrons. The Bertz CT molecular complexity index is 643. The number of piperidine rings is 1. The Morgan fingerprint density at radius 3 is 2.78 bits per heavy atom. The quantitative estimate of drug-likeness (QED) is 0.831. The summed E-state index contributed by atoms with van der Waals surface area (Å²) in [5.74, 6) is 0.430. The molecule has 0 radical (unpaired) electrons. The summed E-state index contributed by atoms with van der Waals surface area (Å²) in [7, 11) is -3.34. The van der Waals surface area contributed by atoms with Crippen LogP contribution in [0.25, 0.3) is 0 Å². The molecule has 1 aromatic carbocycles. The minimum atomic E-state index is -3.34. The van der Waals surface area contributed by atoms with Crippen molar-refractivity contribution in [2.45, 2.75) is 46.1 Å². The van der Waals surface area contributed by atoms with E-state index < -0.39 is 10.0 Å². The molecule has 1 aliphatic rings. The third-order valence-electron chi connectivity index (χ3n) is 4.20. The summed E-state index contributed by atoms with van der Waals surface area (Å²) in [6.45, 7) is 5.23. The number of likely N-dealkylation sites (tertiary alicyclic amines) is 1. The number of amides is 1. The molecule has 1 saturated heterocycles. The van der Waals surface area contributed by atoms with Gasteiger partial charge in [0.05, 0.1) is 5.75 Å². The molecular formula is C17H26N2O3S. The van der Waals surface area contributed by atoms with Gasteiger partial charge in [-0.15, -0.1) is 0 Å². The highest BCUT2D eigenvalue weighted by atomic mass is 32.2. The number of nitrogens with zero attached hydrogens (tertiary/aromatic N) is 1. The second-order valence-electron chi connectivity index (χ2n) is 6.37. The zero-order valence-corrected chi connectivity index (χ0v) is 14.7. The van der Waals surface area contributed by atoms with E-state index in [0.717, 1.165) is 31.4 Å². The summed E-state index contributed by atoms with van der Waals surface area (Å²) < 4.78 is 26.9. The van der Waals surface area contributed by atoms with Crippen LogP contribution in [0.2, 0.25) is 0 Å². The van der Waals surface area contributed by atoms with Gasteiger partial charge in [0, 0.05) is 25.2 Å². The third-order valence-corrected chi connectivity index (χ3v) is 5.75. The van der Waals surface area contributed by atoms with E-state index in [0.29, 0.717) is 18.7 Å². The van der Waals surface area contributed by atoms with Gasteiger partial charge in [0.25, 0.3) is 0 Å². The van der Waals surface area contributed by atoms with Gasteiger partial charge >= 0.3 is 0 Å². The zero-order chi connectivity index (χ0) is 16.9. The average molecular weight is 338 g/mol. The second kappa shape index (κ2) is 7.81. The number of hydrogen-bond acceptors (Lipinski definition) is 3. The Kier molecular flexibility index (Phi) is 6.04. The lowest BCUT2D eigenvalue weighted by atomic mass is 10.1. The van der Waals surface area contributed by atoms with Crippen molar-refractivity contribution in [2.75, 3.05) is 17.0 Å². The van der Waals surface area contributed by atoms with Crippen LogP contribution in [0.1, 0.15) is 45.1 Å². The van der Waals surface area contributed by atoms with Gasteiger partial charge < -0.3 is 4.90 Å². The van der Waals surface area contributed by atoms with Gasteiger partial charge in [0.2, 0.25) is 15.9 Å². The lowest BCUT2D eigenvalue weighted by molar-refractivity contribution is -0.133. The third kappa shape index (κ3) is 5.53. The van der Waals surface area contributed by atoms with Crippen molar-refractivity contribution in [3.05, 3.63) is 29.8 Å². The smallest absolute Gasteiger partial charge is 0.232 e. The van der Waals surface area contributed by atoms with E-state index in [4.69, 9.17) is 0 Å². The fraction of sp³-hybridized carbons (Fsp3) is 0.588. The number of hydrogen-bond donors (Lipinski definition) is 1. The molecule has 0 aliphatic carbocycles. The molecular weight excluding hydrogens is 312 g/mol. The van der Waals surface area contributed by atoms with E-state index in [9.17, 15) is 13.2 Å². The van der Waals surface area contributed by atoms with E-state index in [1.165, 1.54) is 0 Å². The van der Waals surface area contributed by atoms with Crippen molar-refractivity contribution in [3.8, 4) is 0 Å². The molecule has 1 N–H and O–H groups in total. The Hall–Kier alpha value is -1.56. The number of carbonyl (C=O) groups is 1. The standard InChI is InChI=1S/C17H26N2O3S/c1-3-14(2)13-23(21,22)18-16-8-6-7-15(11-16)12-19-10-5-4-9-17(19)20/h6-8,11,14,18H,3-5,9-10,12-13H2,1-2H3/t14-/m0/s1. The topological polar surface area (TPSA) is 66.5 Å². The first-order valence-corrected chi connectivity index (χ1v) is 9.92. The van der Waals surface area contributed by atoms with Gasteiger partial charge in [-0.05, 0) is 36.5 Å². The lowest BCUT2D eigenvalue weighted by Crippen LogP contribution is -2.34. The van der Waals surface area contributed by atoms with E-state index in [2.05, 4.69) is 4.72 Å². The Balaban J connectivity index is 2.03. The SMILES string of the molecule is CC[C@H](C)CS(=O)(=O)Nc1cccc(CN2CCCCC2=O)c1. The number of sulfonamides is 1. The molecule has 1 aliphatic heterocycles. The average Bonchev–Trinajstić information content (AvgIpc) is 2.49. The van der Waals surface area contributed by atoms with Crippen molar-refractivity contribution in [2.24, 2.45) is 5.92 Å². The monoisotopic (exact) mass is 338 g/mol. The molecule has 23 heavy (non-hydrogen) atoms. The van der Waals surface area contributed by atoms with Crippen LogP contribution in [-0.2, 0) is 21.4 Å². The molecule has 1 amide bonds. The Morgan fingerprint density at radius 1 is 1.30 bits per heavy atom. The van der Waals surface area contributed by atoms with Crippen molar-refractivity contribution in [3.63, 3.8) is 0 Å². The maximum atomic E-state index is 12.1. The van der Waals surface area contributed by atoms with E-state index in [-0.39, 0.29) is 17.6 Å². The summed E-state index contributed by atoms with van der Waals surface area (Å²) in [4.78, 5) is 13.7. The van der Waals surface area contributed by atoms with E-state index in [1.807, 2.05) is 36.9 Å². The predicted molar refractivity (Wildman–Crippen MR) is 92.6 cm³/mol. The molecule has 5 nitrogen and oxygen atoms in total. The molecule has 0 bridgehead atoms. The molecule has 1 fully saturated rings.